The second-order valence-electron chi connectivity index (χ2n) is 6.42. The van der Waals surface area contributed by atoms with Crippen molar-refractivity contribution in [2.75, 3.05) is 11.4 Å². The van der Waals surface area contributed by atoms with Crippen LogP contribution in [-0.2, 0) is 5.54 Å². The van der Waals surface area contributed by atoms with Gasteiger partial charge in [0.1, 0.15) is 11.6 Å². The van der Waals surface area contributed by atoms with Crippen LogP contribution in [0.25, 0.3) is 0 Å². The number of aromatic nitrogens is 3. The molecule has 24 heavy (non-hydrogen) atoms. The van der Waals surface area contributed by atoms with Gasteiger partial charge in [0.2, 0.25) is 0 Å². The summed E-state index contributed by atoms with van der Waals surface area (Å²) in [4.78, 5) is 5.75. The first-order chi connectivity index (χ1) is 11.4. The van der Waals surface area contributed by atoms with E-state index in [0.717, 1.165) is 23.7 Å². The van der Waals surface area contributed by atoms with Crippen LogP contribution in [0.1, 0.15) is 37.3 Å². The largest absolute Gasteiger partial charge is 0.413 e. The Kier molecular flexibility index (Phi) is 3.33. The maximum absolute atomic E-state index is 13.5. The molecule has 128 valence electrons. The zero-order valence-corrected chi connectivity index (χ0v) is 12.8. The molecule has 0 radical (unpaired) electrons. The quantitative estimate of drug-likeness (QED) is 0.797. The van der Waals surface area contributed by atoms with E-state index in [4.69, 9.17) is 0 Å². The van der Waals surface area contributed by atoms with Crippen LogP contribution in [-0.4, -0.2) is 27.5 Å². The van der Waals surface area contributed by atoms with E-state index in [1.807, 2.05) is 4.90 Å². The third kappa shape index (κ3) is 2.27. The van der Waals surface area contributed by atoms with Crippen molar-refractivity contribution in [1.29, 1.82) is 0 Å². The van der Waals surface area contributed by atoms with Crippen LogP contribution in [0.3, 0.4) is 0 Å². The number of halogens is 4. The second kappa shape index (κ2) is 5.19. The molecule has 0 spiro atoms. The Balaban J connectivity index is 1.71. The Bertz CT molecular complexity index is 751. The number of rotatable bonds is 3. The molecular weight excluding hydrogens is 324 g/mol. The molecule has 0 amide bonds. The highest BCUT2D eigenvalue weighted by atomic mass is 19.4. The first-order valence-electron chi connectivity index (χ1n) is 7.91. The predicted molar refractivity (Wildman–Crippen MR) is 79.0 cm³/mol. The third-order valence-electron chi connectivity index (χ3n) is 4.94. The zero-order valence-electron chi connectivity index (χ0n) is 12.8. The number of pyridine rings is 1. The minimum atomic E-state index is -4.33. The highest BCUT2D eigenvalue weighted by molar-refractivity contribution is 5.45. The van der Waals surface area contributed by atoms with Gasteiger partial charge in [-0.15, -0.1) is 0 Å². The van der Waals surface area contributed by atoms with E-state index in [0.29, 0.717) is 17.9 Å². The molecule has 4 nitrogen and oxygen atoms in total. The summed E-state index contributed by atoms with van der Waals surface area (Å²) in [5.41, 5.74) is -1.21. The summed E-state index contributed by atoms with van der Waals surface area (Å²) in [6.07, 6.45) is 1.43. The topological polar surface area (TPSA) is 34.0 Å². The predicted octanol–water partition coefficient (Wildman–Crippen LogP) is 3.81. The van der Waals surface area contributed by atoms with Crippen molar-refractivity contribution in [3.8, 4) is 0 Å². The third-order valence-corrected chi connectivity index (χ3v) is 4.94. The van der Waals surface area contributed by atoms with Crippen molar-refractivity contribution in [3.05, 3.63) is 42.1 Å². The molecule has 0 unspecified atom stereocenters. The van der Waals surface area contributed by atoms with Crippen LogP contribution >= 0.6 is 0 Å². The molecule has 1 aliphatic heterocycles. The molecule has 2 aliphatic rings. The van der Waals surface area contributed by atoms with Crippen LogP contribution in [0.2, 0.25) is 0 Å². The molecule has 1 saturated carbocycles. The Morgan fingerprint density at radius 3 is 2.67 bits per heavy atom. The molecule has 1 saturated heterocycles. The van der Waals surface area contributed by atoms with Crippen LogP contribution in [0.15, 0.2) is 30.7 Å². The number of hydrogen-bond donors (Lipinski definition) is 0. The number of anilines is 1. The maximum atomic E-state index is 13.5. The summed E-state index contributed by atoms with van der Waals surface area (Å²) < 4.78 is 55.0. The SMILES string of the molecule is Fc1cncc([C@H]2CCCN2c2ccnn2C2(C(F)(F)F)CC2)c1. The summed E-state index contributed by atoms with van der Waals surface area (Å²) in [6.45, 7) is 0.612. The Labute approximate surface area is 136 Å². The molecule has 2 fully saturated rings. The fraction of sp³-hybridized carbons (Fsp3) is 0.500. The van der Waals surface area contributed by atoms with Crippen LogP contribution in [0.5, 0.6) is 0 Å². The minimum absolute atomic E-state index is 0.0468. The van der Waals surface area contributed by atoms with Gasteiger partial charge >= 0.3 is 6.18 Å². The van der Waals surface area contributed by atoms with Crippen molar-refractivity contribution in [2.45, 2.75) is 43.4 Å². The van der Waals surface area contributed by atoms with Crippen LogP contribution in [0, 0.1) is 5.82 Å². The number of hydrogen-bond acceptors (Lipinski definition) is 3. The molecule has 1 aliphatic carbocycles. The maximum Gasteiger partial charge on any atom is 0.413 e. The van der Waals surface area contributed by atoms with Gasteiger partial charge in [-0.2, -0.15) is 18.3 Å². The molecule has 2 aromatic heterocycles. The van der Waals surface area contributed by atoms with E-state index in [-0.39, 0.29) is 18.9 Å². The monoisotopic (exact) mass is 340 g/mol. The van der Waals surface area contributed by atoms with Crippen molar-refractivity contribution >= 4 is 5.82 Å². The first-order valence-corrected chi connectivity index (χ1v) is 7.91. The van der Waals surface area contributed by atoms with Gasteiger partial charge in [-0.3, -0.25) is 4.98 Å². The van der Waals surface area contributed by atoms with Crippen molar-refractivity contribution in [1.82, 2.24) is 14.8 Å². The molecule has 0 bridgehead atoms. The van der Waals surface area contributed by atoms with Crippen molar-refractivity contribution in [2.24, 2.45) is 0 Å². The molecule has 2 aromatic rings. The van der Waals surface area contributed by atoms with Gasteiger partial charge in [-0.05, 0) is 37.3 Å². The molecule has 0 N–H and O–H groups in total. The van der Waals surface area contributed by atoms with Gasteiger partial charge in [0, 0.05) is 18.8 Å². The minimum Gasteiger partial charge on any atom is -0.350 e. The summed E-state index contributed by atoms with van der Waals surface area (Å²) in [5, 5.41) is 3.97. The molecule has 3 heterocycles. The summed E-state index contributed by atoms with van der Waals surface area (Å²) >= 11 is 0. The molecule has 0 aromatic carbocycles. The molecule has 8 heteroatoms. The zero-order chi connectivity index (χ0) is 16.9. The normalized spacial score (nSPS) is 22.8. The van der Waals surface area contributed by atoms with E-state index in [1.54, 1.807) is 12.3 Å². The van der Waals surface area contributed by atoms with E-state index in [2.05, 4.69) is 10.1 Å². The standard InChI is InChI=1S/C16H16F4N4/c17-12-8-11(9-21-10-12)13-2-1-7-23(13)14-3-6-22-24(14)15(4-5-15)16(18,19)20/h3,6,8-10,13H,1-2,4-5,7H2/t13-/m1/s1. The highest BCUT2D eigenvalue weighted by Gasteiger charge is 2.66. The highest BCUT2D eigenvalue weighted by Crippen LogP contribution is 2.56. The Morgan fingerprint density at radius 1 is 1.21 bits per heavy atom. The molecular formula is C16H16F4N4. The van der Waals surface area contributed by atoms with E-state index < -0.39 is 17.5 Å². The van der Waals surface area contributed by atoms with Gasteiger partial charge in [-0.1, -0.05) is 0 Å². The van der Waals surface area contributed by atoms with Gasteiger partial charge in [-0.25, -0.2) is 9.07 Å². The summed E-state index contributed by atoms with van der Waals surface area (Å²) in [7, 11) is 0. The fourth-order valence-electron chi connectivity index (χ4n) is 3.58. The van der Waals surface area contributed by atoms with Crippen molar-refractivity contribution in [3.63, 3.8) is 0 Å². The lowest BCUT2D eigenvalue weighted by Crippen LogP contribution is -2.38. The van der Waals surface area contributed by atoms with Crippen LogP contribution < -0.4 is 4.90 Å². The molecule has 4 rings (SSSR count). The van der Waals surface area contributed by atoms with Gasteiger partial charge in [0.05, 0.1) is 18.4 Å². The van der Waals surface area contributed by atoms with E-state index in [9.17, 15) is 17.6 Å². The lowest BCUT2D eigenvalue weighted by Gasteiger charge is -2.30. The Hall–Kier alpha value is -2.12. The number of nitrogens with zero attached hydrogens (tertiary/aromatic N) is 4. The van der Waals surface area contributed by atoms with Gasteiger partial charge in [0.15, 0.2) is 5.54 Å². The fourth-order valence-corrected chi connectivity index (χ4v) is 3.58. The van der Waals surface area contributed by atoms with Gasteiger partial charge in [0.25, 0.3) is 0 Å². The second-order valence-corrected chi connectivity index (χ2v) is 6.42. The lowest BCUT2D eigenvalue weighted by atomic mass is 10.1. The average molecular weight is 340 g/mol. The smallest absolute Gasteiger partial charge is 0.350 e. The van der Waals surface area contributed by atoms with E-state index >= 15 is 0 Å². The van der Waals surface area contributed by atoms with Gasteiger partial charge < -0.3 is 4.90 Å². The average Bonchev–Trinajstić information content (AvgIpc) is 2.99. The Morgan fingerprint density at radius 2 is 2.00 bits per heavy atom. The lowest BCUT2D eigenvalue weighted by molar-refractivity contribution is -0.182. The first kappa shape index (κ1) is 15.4. The van der Waals surface area contributed by atoms with E-state index in [1.165, 1.54) is 12.3 Å². The summed E-state index contributed by atoms with van der Waals surface area (Å²) in [5.74, 6) is -0.00148. The van der Waals surface area contributed by atoms with Crippen molar-refractivity contribution < 1.29 is 17.6 Å². The number of alkyl halides is 3. The van der Waals surface area contributed by atoms with Crippen LogP contribution in [0.4, 0.5) is 23.4 Å². The summed E-state index contributed by atoms with van der Waals surface area (Å²) in [6, 6.07) is 2.82. The molecule has 1 atom stereocenters.